The molecule has 0 unspecified atom stereocenters. The average Bonchev–Trinajstić information content (AvgIpc) is 3.13. The maximum atomic E-state index is 13.1. The van der Waals surface area contributed by atoms with E-state index in [1.54, 1.807) is 25.1 Å². The molecule has 152 valence electrons. The normalized spacial score (nSPS) is 16.3. The summed E-state index contributed by atoms with van der Waals surface area (Å²) >= 11 is 0. The summed E-state index contributed by atoms with van der Waals surface area (Å²) in [4.78, 5) is 16.5. The first kappa shape index (κ1) is 19.6. The second-order valence-corrected chi connectivity index (χ2v) is 9.47. The van der Waals surface area contributed by atoms with E-state index in [1.165, 1.54) is 22.5 Å². The predicted octanol–water partition coefficient (Wildman–Crippen LogP) is 3.92. The number of benzene rings is 1. The number of fused-ring (bicyclic) bond motifs is 1. The van der Waals surface area contributed by atoms with Gasteiger partial charge in [0.1, 0.15) is 11.5 Å². The molecular formula is C21H22N2O5S. The molecule has 2 aromatic heterocycles. The van der Waals surface area contributed by atoms with Crippen molar-refractivity contribution < 1.29 is 22.7 Å². The maximum absolute atomic E-state index is 13.1. The molecule has 1 N–H and O–H groups in total. The number of nitrogens with zero attached hydrogens (tertiary/aromatic N) is 2. The largest absolute Gasteiger partial charge is 0.478 e. The third-order valence-corrected chi connectivity index (χ3v) is 7.28. The molecule has 1 aliphatic heterocycles. The van der Waals surface area contributed by atoms with E-state index >= 15 is 0 Å². The summed E-state index contributed by atoms with van der Waals surface area (Å²) in [7, 11) is -3.68. The number of aromatic nitrogens is 1. The molecule has 3 aromatic rings. The van der Waals surface area contributed by atoms with Gasteiger partial charge in [-0.1, -0.05) is 6.92 Å². The number of sulfonamides is 1. The van der Waals surface area contributed by atoms with Crippen molar-refractivity contribution in [1.82, 2.24) is 9.29 Å². The maximum Gasteiger partial charge on any atom is 0.336 e. The SMILES string of the molecule is Cc1ccc(-c2cc(C(=O)O)c3cc(S(=O)(=O)N4CCC(C)CC4)ccc3n2)o1. The monoisotopic (exact) mass is 414 g/mol. The van der Waals surface area contributed by atoms with E-state index in [0.29, 0.717) is 41.7 Å². The summed E-state index contributed by atoms with van der Waals surface area (Å²) in [6.45, 7) is 4.86. The fourth-order valence-corrected chi connectivity index (χ4v) is 5.11. The van der Waals surface area contributed by atoms with Crippen molar-refractivity contribution in [1.29, 1.82) is 0 Å². The van der Waals surface area contributed by atoms with Crippen LogP contribution in [0.4, 0.5) is 0 Å². The lowest BCUT2D eigenvalue weighted by atomic mass is 10.0. The fourth-order valence-electron chi connectivity index (χ4n) is 3.62. The number of aromatic carboxylic acids is 1. The third kappa shape index (κ3) is 3.65. The van der Waals surface area contributed by atoms with E-state index in [0.717, 1.165) is 12.8 Å². The molecule has 1 aromatic carbocycles. The Labute approximate surface area is 169 Å². The molecule has 8 heteroatoms. The van der Waals surface area contributed by atoms with E-state index < -0.39 is 16.0 Å². The van der Waals surface area contributed by atoms with Gasteiger partial charge in [0, 0.05) is 18.5 Å². The Kier molecular flexibility index (Phi) is 4.92. The zero-order valence-electron chi connectivity index (χ0n) is 16.3. The Balaban J connectivity index is 1.81. The number of piperidine rings is 1. The number of pyridine rings is 1. The van der Waals surface area contributed by atoms with E-state index in [9.17, 15) is 18.3 Å². The van der Waals surface area contributed by atoms with E-state index in [-0.39, 0.29) is 15.8 Å². The van der Waals surface area contributed by atoms with Crippen LogP contribution < -0.4 is 0 Å². The molecule has 1 fully saturated rings. The van der Waals surface area contributed by atoms with Crippen LogP contribution in [0, 0.1) is 12.8 Å². The first-order valence-electron chi connectivity index (χ1n) is 9.51. The van der Waals surface area contributed by atoms with Gasteiger partial charge >= 0.3 is 5.97 Å². The first-order chi connectivity index (χ1) is 13.8. The molecular weight excluding hydrogens is 392 g/mol. The molecule has 0 aliphatic carbocycles. The molecule has 3 heterocycles. The Morgan fingerprint density at radius 1 is 1.17 bits per heavy atom. The number of aryl methyl sites for hydroxylation is 1. The van der Waals surface area contributed by atoms with Crippen LogP contribution in [-0.2, 0) is 10.0 Å². The number of hydrogen-bond donors (Lipinski definition) is 1. The van der Waals surface area contributed by atoms with Crippen molar-refractivity contribution in [2.75, 3.05) is 13.1 Å². The highest BCUT2D eigenvalue weighted by Gasteiger charge is 2.28. The van der Waals surface area contributed by atoms with Crippen LogP contribution in [0.2, 0.25) is 0 Å². The summed E-state index contributed by atoms with van der Waals surface area (Å²) in [5.74, 6) is 0.509. The molecule has 1 saturated heterocycles. The first-order valence-corrected chi connectivity index (χ1v) is 10.9. The lowest BCUT2D eigenvalue weighted by Gasteiger charge is -2.29. The molecule has 29 heavy (non-hydrogen) atoms. The highest BCUT2D eigenvalue weighted by atomic mass is 32.2. The van der Waals surface area contributed by atoms with Crippen molar-refractivity contribution >= 4 is 26.9 Å². The molecule has 4 rings (SSSR count). The van der Waals surface area contributed by atoms with E-state index in [1.807, 2.05) is 0 Å². The minimum atomic E-state index is -3.68. The van der Waals surface area contributed by atoms with Crippen molar-refractivity contribution in [3.8, 4) is 11.5 Å². The summed E-state index contributed by atoms with van der Waals surface area (Å²) in [6, 6.07) is 9.38. The topological polar surface area (TPSA) is 101 Å². The van der Waals surface area contributed by atoms with E-state index in [4.69, 9.17) is 4.42 Å². The zero-order chi connectivity index (χ0) is 20.8. The number of furan rings is 1. The van der Waals surface area contributed by atoms with Crippen LogP contribution in [0.5, 0.6) is 0 Å². The van der Waals surface area contributed by atoms with Crippen LogP contribution >= 0.6 is 0 Å². The molecule has 0 saturated carbocycles. The second-order valence-electron chi connectivity index (χ2n) is 7.54. The highest BCUT2D eigenvalue weighted by molar-refractivity contribution is 7.89. The lowest BCUT2D eigenvalue weighted by molar-refractivity contribution is 0.0699. The van der Waals surface area contributed by atoms with Gasteiger partial charge in [0.2, 0.25) is 10.0 Å². The Bertz CT molecular complexity index is 1190. The van der Waals surface area contributed by atoms with Crippen LogP contribution in [0.1, 0.15) is 35.9 Å². The van der Waals surface area contributed by atoms with Crippen LogP contribution in [0.3, 0.4) is 0 Å². The smallest absolute Gasteiger partial charge is 0.336 e. The van der Waals surface area contributed by atoms with Gasteiger partial charge in [-0.05, 0) is 62.1 Å². The Hall–Kier alpha value is -2.71. The lowest BCUT2D eigenvalue weighted by Crippen LogP contribution is -2.37. The number of hydrogen-bond acceptors (Lipinski definition) is 5. The van der Waals surface area contributed by atoms with Gasteiger partial charge in [0.15, 0.2) is 5.76 Å². The quantitative estimate of drug-likeness (QED) is 0.694. The summed E-state index contributed by atoms with van der Waals surface area (Å²) in [5.41, 5.74) is 0.784. The van der Waals surface area contributed by atoms with Crippen molar-refractivity contribution in [2.45, 2.75) is 31.6 Å². The van der Waals surface area contributed by atoms with Crippen molar-refractivity contribution in [3.63, 3.8) is 0 Å². The van der Waals surface area contributed by atoms with E-state index in [2.05, 4.69) is 11.9 Å². The van der Waals surface area contributed by atoms with Gasteiger partial charge in [0.05, 0.1) is 16.0 Å². The summed E-state index contributed by atoms with van der Waals surface area (Å²) < 4.78 is 33.1. The molecule has 0 radical (unpaired) electrons. The van der Waals surface area contributed by atoms with Gasteiger partial charge in [-0.15, -0.1) is 0 Å². The van der Waals surface area contributed by atoms with Crippen LogP contribution in [0.15, 0.2) is 45.7 Å². The molecule has 1 aliphatic rings. The molecule has 7 nitrogen and oxygen atoms in total. The highest BCUT2D eigenvalue weighted by Crippen LogP contribution is 2.30. The van der Waals surface area contributed by atoms with Gasteiger partial charge in [0.25, 0.3) is 0 Å². The minimum absolute atomic E-state index is 0.0108. The van der Waals surface area contributed by atoms with Crippen molar-refractivity contribution in [2.24, 2.45) is 5.92 Å². The molecule has 0 amide bonds. The van der Waals surface area contributed by atoms with Gasteiger partial charge in [-0.25, -0.2) is 18.2 Å². The summed E-state index contributed by atoms with van der Waals surface area (Å²) in [6.07, 6.45) is 1.64. The van der Waals surface area contributed by atoms with Crippen LogP contribution in [0.25, 0.3) is 22.4 Å². The molecule has 0 spiro atoms. The van der Waals surface area contributed by atoms with Crippen LogP contribution in [-0.4, -0.2) is 41.9 Å². The number of carboxylic acid groups (broad SMARTS) is 1. The Morgan fingerprint density at radius 3 is 2.52 bits per heavy atom. The number of rotatable bonds is 4. The number of carbonyl (C=O) groups is 1. The summed E-state index contributed by atoms with van der Waals surface area (Å²) in [5, 5.41) is 10.0. The number of carboxylic acids is 1. The zero-order valence-corrected chi connectivity index (χ0v) is 17.1. The average molecular weight is 414 g/mol. The van der Waals surface area contributed by atoms with Gasteiger partial charge < -0.3 is 9.52 Å². The molecule has 0 atom stereocenters. The predicted molar refractivity (Wildman–Crippen MR) is 108 cm³/mol. The van der Waals surface area contributed by atoms with Crippen molar-refractivity contribution in [3.05, 3.63) is 47.7 Å². The second kappa shape index (κ2) is 7.27. The van der Waals surface area contributed by atoms with Gasteiger partial charge in [-0.2, -0.15) is 4.31 Å². The minimum Gasteiger partial charge on any atom is -0.478 e. The Morgan fingerprint density at radius 2 is 1.90 bits per heavy atom. The fraction of sp³-hybridized carbons (Fsp3) is 0.333. The standard InChI is InChI=1S/C21H22N2O5S/c1-13-7-9-23(10-8-13)29(26,27)15-4-5-18-16(11-15)17(21(24)25)12-19(22-18)20-6-3-14(2)28-20/h3-6,11-13H,7-10H2,1-2H3,(H,24,25). The molecule has 0 bridgehead atoms. The third-order valence-electron chi connectivity index (χ3n) is 5.38. The van der Waals surface area contributed by atoms with Gasteiger partial charge in [-0.3, -0.25) is 0 Å².